The third kappa shape index (κ3) is 10.3. The van der Waals surface area contributed by atoms with Crippen LogP contribution < -0.4 is 5.32 Å². The van der Waals surface area contributed by atoms with Crippen molar-refractivity contribution in [3.8, 4) is 0 Å². The Morgan fingerprint density at radius 1 is 0.909 bits per heavy atom. The van der Waals surface area contributed by atoms with Crippen LogP contribution in [0.25, 0.3) is 0 Å². The average Bonchev–Trinajstić information content (AvgIpc) is 1.55. The quantitative estimate of drug-likeness (QED) is 0.377. The van der Waals surface area contributed by atoms with Crippen molar-refractivity contribution >= 4 is 15.2 Å². The first-order valence-corrected chi connectivity index (χ1v) is 5.62. The van der Waals surface area contributed by atoms with Crippen LogP contribution >= 0.6 is 15.2 Å². The van der Waals surface area contributed by atoms with Crippen molar-refractivity contribution in [2.75, 3.05) is 0 Å². The molecule has 9 heteroatoms. The number of hydrogen-bond donors (Lipinski definition) is 5. The molecule has 0 aromatic heterocycles. The molecule has 66 valence electrons. The molecule has 0 aliphatic carbocycles. The maximum absolute atomic E-state index is 10.0. The Labute approximate surface area is 62.8 Å². The van der Waals surface area contributed by atoms with E-state index in [2.05, 4.69) is 0 Å². The molecule has 0 aromatic carbocycles. The van der Waals surface area contributed by atoms with Crippen LogP contribution in [0.2, 0.25) is 0 Å². The summed E-state index contributed by atoms with van der Waals surface area (Å²) in [5.74, 6) is 0. The highest BCUT2D eigenvalue weighted by Gasteiger charge is 2.18. The third-order valence-electron chi connectivity index (χ3n) is 0.485. The van der Waals surface area contributed by atoms with Crippen LogP contribution in [0, 0.1) is 12.6 Å². The zero-order chi connectivity index (χ0) is 9.12. The summed E-state index contributed by atoms with van der Waals surface area (Å²) in [5, 5.41) is 1.69. The fourth-order valence-corrected chi connectivity index (χ4v) is 0.883. The van der Waals surface area contributed by atoms with Gasteiger partial charge in [0.2, 0.25) is 0 Å². The van der Waals surface area contributed by atoms with E-state index in [1.807, 2.05) is 0 Å². The van der Waals surface area contributed by atoms with E-state index < -0.39 is 15.2 Å². The lowest BCUT2D eigenvalue weighted by Crippen LogP contribution is -2.06. The Bertz CT molecular complexity index is 181. The highest BCUT2D eigenvalue weighted by molar-refractivity contribution is 7.55. The molecular formula is C2H7NO6P2. The van der Waals surface area contributed by atoms with Crippen molar-refractivity contribution in [2.24, 2.45) is 0 Å². The molecule has 2 radical (unpaired) electrons. The Kier molecular flexibility index (Phi) is 3.87. The van der Waals surface area contributed by atoms with Gasteiger partial charge in [0, 0.05) is 0 Å². The molecule has 0 saturated carbocycles. The van der Waals surface area contributed by atoms with Gasteiger partial charge in [0.05, 0.1) is 0 Å². The van der Waals surface area contributed by atoms with E-state index in [9.17, 15) is 9.13 Å². The SMILES string of the molecule is O=P(O)(O)[CH]N[CH]P(=O)(O)O. The van der Waals surface area contributed by atoms with Crippen LogP contribution in [0.3, 0.4) is 0 Å². The first-order valence-electron chi connectivity index (χ1n) is 2.26. The summed E-state index contributed by atoms with van der Waals surface area (Å²) in [6, 6.07) is 0. The predicted molar refractivity (Wildman–Crippen MR) is 35.8 cm³/mol. The van der Waals surface area contributed by atoms with E-state index >= 15 is 0 Å². The van der Waals surface area contributed by atoms with Gasteiger partial charge in [-0.1, -0.05) is 0 Å². The van der Waals surface area contributed by atoms with Gasteiger partial charge in [-0.05, 0) is 0 Å². The van der Waals surface area contributed by atoms with Gasteiger partial charge in [-0.25, -0.2) is 0 Å². The zero-order valence-electron chi connectivity index (χ0n) is 5.15. The van der Waals surface area contributed by atoms with Crippen molar-refractivity contribution in [2.45, 2.75) is 0 Å². The van der Waals surface area contributed by atoms with Gasteiger partial charge in [0.25, 0.3) is 0 Å². The van der Waals surface area contributed by atoms with E-state index in [1.165, 1.54) is 0 Å². The van der Waals surface area contributed by atoms with Crippen LogP contribution in [-0.4, -0.2) is 19.6 Å². The van der Waals surface area contributed by atoms with Crippen molar-refractivity contribution in [3.63, 3.8) is 0 Å². The summed E-state index contributed by atoms with van der Waals surface area (Å²) >= 11 is 0. The largest absolute Gasteiger partial charge is 0.344 e. The van der Waals surface area contributed by atoms with Gasteiger partial charge in [0.1, 0.15) is 12.6 Å². The van der Waals surface area contributed by atoms with Gasteiger partial charge in [-0.3, -0.25) is 14.4 Å². The molecule has 7 nitrogen and oxygen atoms in total. The maximum atomic E-state index is 10.0. The topological polar surface area (TPSA) is 127 Å². The summed E-state index contributed by atoms with van der Waals surface area (Å²) in [4.78, 5) is 32.5. The molecular weight excluding hydrogens is 196 g/mol. The monoisotopic (exact) mass is 203 g/mol. The fourth-order valence-electron chi connectivity index (χ4n) is 0.228. The second-order valence-electron chi connectivity index (χ2n) is 1.60. The van der Waals surface area contributed by atoms with Crippen LogP contribution in [0.5, 0.6) is 0 Å². The van der Waals surface area contributed by atoms with Crippen LogP contribution in [0.4, 0.5) is 0 Å². The molecule has 0 saturated heterocycles. The molecule has 0 rings (SSSR count). The van der Waals surface area contributed by atoms with E-state index in [0.717, 1.165) is 0 Å². The van der Waals surface area contributed by atoms with Crippen LogP contribution in [-0.2, 0) is 9.13 Å². The van der Waals surface area contributed by atoms with E-state index in [0.29, 0.717) is 0 Å². The molecule has 0 aliphatic rings. The third-order valence-corrected chi connectivity index (χ3v) is 1.46. The van der Waals surface area contributed by atoms with Gasteiger partial charge in [-0.15, -0.1) is 0 Å². The lowest BCUT2D eigenvalue weighted by molar-refractivity contribution is 0.374. The molecule has 0 bridgehead atoms. The molecule has 0 amide bonds. The van der Waals surface area contributed by atoms with Gasteiger partial charge < -0.3 is 19.6 Å². The van der Waals surface area contributed by atoms with E-state index in [1.54, 1.807) is 5.32 Å². The second-order valence-corrected chi connectivity index (χ2v) is 4.48. The maximum Gasteiger partial charge on any atom is 0.344 e. The van der Waals surface area contributed by atoms with Crippen LogP contribution in [0.1, 0.15) is 0 Å². The highest BCUT2D eigenvalue weighted by atomic mass is 31.2. The lowest BCUT2D eigenvalue weighted by atomic mass is 11.2. The smallest absolute Gasteiger partial charge is 0.323 e. The minimum Gasteiger partial charge on any atom is -0.323 e. The minimum absolute atomic E-state index is 0.284. The number of rotatable bonds is 4. The molecule has 0 fully saturated rings. The number of nitrogens with one attached hydrogen (secondary N) is 1. The van der Waals surface area contributed by atoms with Crippen molar-refractivity contribution in [3.05, 3.63) is 12.6 Å². The molecule has 0 heterocycles. The first kappa shape index (κ1) is 11.3. The summed E-state index contributed by atoms with van der Waals surface area (Å²) in [7, 11) is -8.72. The standard InChI is InChI=1S/C2H7NO6P2/c4-10(5,6)1-3-2-11(7,8)9/h1-3H,(H2,4,5,6)(H2,7,8,9). The van der Waals surface area contributed by atoms with E-state index in [4.69, 9.17) is 19.6 Å². The molecule has 5 N–H and O–H groups in total. The summed E-state index contributed by atoms with van der Waals surface area (Å²) in [5.41, 5.74) is 0. The molecule has 0 spiro atoms. The fraction of sp³-hybridized carbons (Fsp3) is 0. The van der Waals surface area contributed by atoms with Gasteiger partial charge >= 0.3 is 15.2 Å². The second kappa shape index (κ2) is 3.78. The normalized spacial score (nSPS) is 13.5. The summed E-state index contributed by atoms with van der Waals surface area (Å²) < 4.78 is 20.0. The Hall–Kier alpha value is 0.260. The van der Waals surface area contributed by atoms with Gasteiger partial charge in [0.15, 0.2) is 0 Å². The van der Waals surface area contributed by atoms with Crippen molar-refractivity contribution in [1.29, 1.82) is 0 Å². The zero-order valence-corrected chi connectivity index (χ0v) is 6.94. The Morgan fingerprint density at radius 3 is 1.36 bits per heavy atom. The van der Waals surface area contributed by atoms with E-state index in [-0.39, 0.29) is 12.6 Å². The van der Waals surface area contributed by atoms with Crippen molar-refractivity contribution < 1.29 is 28.7 Å². The lowest BCUT2D eigenvalue weighted by Gasteiger charge is -2.05. The highest BCUT2D eigenvalue weighted by Crippen LogP contribution is 2.41. The molecule has 0 aromatic rings. The Morgan fingerprint density at radius 2 is 1.18 bits per heavy atom. The first-order chi connectivity index (χ1) is 4.71. The Balaban J connectivity index is 3.61. The summed E-state index contributed by atoms with van der Waals surface area (Å²) in [6.07, 6.45) is 0.568. The van der Waals surface area contributed by atoms with Crippen molar-refractivity contribution in [1.82, 2.24) is 5.32 Å². The predicted octanol–water partition coefficient (Wildman–Crippen LogP) is -0.830. The summed E-state index contributed by atoms with van der Waals surface area (Å²) in [6.45, 7) is 0. The van der Waals surface area contributed by atoms with Crippen LogP contribution in [0.15, 0.2) is 0 Å². The molecule has 11 heavy (non-hydrogen) atoms. The molecule has 0 unspecified atom stereocenters. The molecule has 0 aliphatic heterocycles. The average molecular weight is 203 g/mol. The number of hydrogen-bond acceptors (Lipinski definition) is 3. The molecule has 0 atom stereocenters. The van der Waals surface area contributed by atoms with Gasteiger partial charge in [-0.2, -0.15) is 0 Å². The minimum atomic E-state index is -4.36.